The molecule has 0 saturated heterocycles. The Labute approximate surface area is 105 Å². The molecule has 1 unspecified atom stereocenters. The Balaban J connectivity index is 2.11. The van der Waals surface area contributed by atoms with E-state index in [1.807, 2.05) is 13.0 Å². The average molecular weight is 243 g/mol. The van der Waals surface area contributed by atoms with Crippen LogP contribution in [0.1, 0.15) is 19.8 Å². The molecule has 0 radical (unpaired) electrons. The second kappa shape index (κ2) is 4.98. The maximum Gasteiger partial charge on any atom is 0.224 e. The van der Waals surface area contributed by atoms with Crippen LogP contribution in [0.15, 0.2) is 41.4 Å². The molecule has 0 amide bonds. The summed E-state index contributed by atoms with van der Waals surface area (Å²) in [6, 6.07) is 0. The normalized spacial score (nSPS) is 23.6. The van der Waals surface area contributed by atoms with Gasteiger partial charge in [0.15, 0.2) is 11.9 Å². The molecule has 1 saturated carbocycles. The Morgan fingerprint density at radius 1 is 1.33 bits per heavy atom. The highest BCUT2D eigenvalue weighted by molar-refractivity contribution is 6.66. The molecular formula is C14H13NO3. The fourth-order valence-corrected chi connectivity index (χ4v) is 1.73. The van der Waals surface area contributed by atoms with E-state index in [1.165, 1.54) is 0 Å². The fraction of sp³-hybridized carbons (Fsp3) is 0.286. The van der Waals surface area contributed by atoms with Crippen LogP contribution in [0.4, 0.5) is 0 Å². The highest BCUT2D eigenvalue weighted by Crippen LogP contribution is 2.18. The Morgan fingerprint density at radius 2 is 2.11 bits per heavy atom. The van der Waals surface area contributed by atoms with Gasteiger partial charge in [-0.2, -0.15) is 0 Å². The van der Waals surface area contributed by atoms with E-state index in [0.29, 0.717) is 12.2 Å². The van der Waals surface area contributed by atoms with Crippen molar-refractivity contribution in [1.29, 1.82) is 5.41 Å². The van der Waals surface area contributed by atoms with E-state index < -0.39 is 23.4 Å². The summed E-state index contributed by atoms with van der Waals surface area (Å²) in [6.07, 6.45) is 6.84. The summed E-state index contributed by atoms with van der Waals surface area (Å²) < 4.78 is 5.53. The first kappa shape index (κ1) is 12.3. The van der Waals surface area contributed by atoms with Crippen molar-refractivity contribution in [2.45, 2.75) is 25.9 Å². The topological polar surface area (TPSA) is 67.2 Å². The van der Waals surface area contributed by atoms with E-state index in [1.54, 1.807) is 18.2 Å². The molecule has 1 atom stereocenters. The summed E-state index contributed by atoms with van der Waals surface area (Å²) >= 11 is 0. The fourth-order valence-electron chi connectivity index (χ4n) is 1.73. The van der Waals surface area contributed by atoms with Crippen molar-refractivity contribution in [1.82, 2.24) is 0 Å². The predicted octanol–water partition coefficient (Wildman–Crippen LogP) is 1.88. The molecule has 2 rings (SSSR count). The second-order valence-electron chi connectivity index (χ2n) is 4.24. The number of carbonyl (C=O) groups is 2. The Kier molecular flexibility index (Phi) is 3.40. The number of ether oxygens (including phenoxy) is 1. The van der Waals surface area contributed by atoms with Gasteiger partial charge in [0, 0.05) is 12.5 Å². The molecule has 0 spiro atoms. The Morgan fingerprint density at radius 3 is 2.89 bits per heavy atom. The van der Waals surface area contributed by atoms with Crippen molar-refractivity contribution >= 4 is 17.3 Å². The minimum Gasteiger partial charge on any atom is -0.482 e. The van der Waals surface area contributed by atoms with E-state index >= 15 is 0 Å². The summed E-state index contributed by atoms with van der Waals surface area (Å²) in [5, 5.41) is 7.38. The lowest BCUT2D eigenvalue weighted by Gasteiger charge is -2.21. The SMILES string of the molecule is CC1=CC=C(OC2CCC(=O)C(=N)C2=O)C=C=C1. The van der Waals surface area contributed by atoms with E-state index in [2.05, 4.69) is 5.73 Å². The van der Waals surface area contributed by atoms with Crippen LogP contribution >= 0.6 is 0 Å². The molecule has 0 aromatic carbocycles. The molecule has 0 heterocycles. The second-order valence-corrected chi connectivity index (χ2v) is 4.24. The molecule has 0 aromatic rings. The summed E-state index contributed by atoms with van der Waals surface area (Å²) in [6.45, 7) is 1.93. The maximum atomic E-state index is 11.7. The van der Waals surface area contributed by atoms with Gasteiger partial charge in [0.1, 0.15) is 11.5 Å². The molecule has 0 aromatic heterocycles. The Hall–Kier alpha value is -2.19. The van der Waals surface area contributed by atoms with Crippen molar-refractivity contribution < 1.29 is 14.3 Å². The quantitative estimate of drug-likeness (QED) is 0.753. The van der Waals surface area contributed by atoms with Crippen LogP contribution in [0.3, 0.4) is 0 Å². The van der Waals surface area contributed by atoms with Gasteiger partial charge in [0.05, 0.1) is 0 Å². The number of rotatable bonds is 2. The largest absolute Gasteiger partial charge is 0.482 e. The zero-order valence-electron chi connectivity index (χ0n) is 10.0. The molecule has 1 fully saturated rings. The zero-order chi connectivity index (χ0) is 13.1. The predicted molar refractivity (Wildman–Crippen MR) is 66.3 cm³/mol. The van der Waals surface area contributed by atoms with Crippen LogP contribution in [0, 0.1) is 5.41 Å². The third-order valence-electron chi connectivity index (χ3n) is 2.78. The molecule has 0 bridgehead atoms. The number of ketones is 2. The average Bonchev–Trinajstić information content (AvgIpc) is 2.55. The van der Waals surface area contributed by atoms with Crippen LogP contribution in [0.5, 0.6) is 0 Å². The van der Waals surface area contributed by atoms with Crippen molar-refractivity contribution in [2.24, 2.45) is 0 Å². The summed E-state index contributed by atoms with van der Waals surface area (Å²) in [5.41, 5.74) is 3.51. The highest BCUT2D eigenvalue weighted by Gasteiger charge is 2.34. The number of allylic oxidation sites excluding steroid dienone is 4. The third kappa shape index (κ3) is 2.55. The molecule has 18 heavy (non-hydrogen) atoms. The molecule has 2 aliphatic carbocycles. The number of hydrogen-bond donors (Lipinski definition) is 1. The number of hydrogen-bond acceptors (Lipinski definition) is 4. The van der Waals surface area contributed by atoms with E-state index in [9.17, 15) is 9.59 Å². The summed E-state index contributed by atoms with van der Waals surface area (Å²) in [5.74, 6) is -0.418. The zero-order valence-corrected chi connectivity index (χ0v) is 10.0. The minimum absolute atomic E-state index is 0.191. The van der Waals surface area contributed by atoms with Crippen LogP contribution in [-0.4, -0.2) is 23.4 Å². The Bertz CT molecular complexity index is 545. The lowest BCUT2D eigenvalue weighted by Crippen LogP contribution is -2.40. The van der Waals surface area contributed by atoms with Gasteiger partial charge >= 0.3 is 0 Å². The molecule has 4 heteroatoms. The maximum absolute atomic E-state index is 11.7. The molecule has 92 valence electrons. The van der Waals surface area contributed by atoms with Gasteiger partial charge in [0.25, 0.3) is 0 Å². The summed E-state index contributed by atoms with van der Waals surface area (Å²) in [4.78, 5) is 22.9. The van der Waals surface area contributed by atoms with Gasteiger partial charge in [-0.1, -0.05) is 6.08 Å². The number of nitrogens with one attached hydrogen (secondary N) is 1. The smallest absolute Gasteiger partial charge is 0.224 e. The molecule has 2 aliphatic rings. The number of carbonyl (C=O) groups excluding carboxylic acids is 2. The van der Waals surface area contributed by atoms with Crippen molar-refractivity contribution in [3.05, 3.63) is 41.4 Å². The first-order valence-corrected chi connectivity index (χ1v) is 5.71. The highest BCUT2D eigenvalue weighted by atomic mass is 16.5. The molecule has 1 N–H and O–H groups in total. The van der Waals surface area contributed by atoms with Gasteiger partial charge in [-0.3, -0.25) is 15.0 Å². The van der Waals surface area contributed by atoms with Crippen LogP contribution in [-0.2, 0) is 14.3 Å². The molecule has 4 nitrogen and oxygen atoms in total. The molecular weight excluding hydrogens is 230 g/mol. The molecule has 0 aliphatic heterocycles. The van der Waals surface area contributed by atoms with E-state index in [-0.39, 0.29) is 6.42 Å². The van der Waals surface area contributed by atoms with Gasteiger partial charge in [0.2, 0.25) is 5.78 Å². The summed E-state index contributed by atoms with van der Waals surface area (Å²) in [7, 11) is 0. The van der Waals surface area contributed by atoms with Gasteiger partial charge < -0.3 is 4.74 Å². The van der Waals surface area contributed by atoms with E-state index in [4.69, 9.17) is 10.1 Å². The van der Waals surface area contributed by atoms with Crippen LogP contribution in [0.25, 0.3) is 0 Å². The standard InChI is InChI=1S/C14H13NO3/c1-9-3-2-4-10(6-5-9)18-12-8-7-11(16)13(15)14(12)17/h3-6,12,15H,7-8H2,1H3. The van der Waals surface area contributed by atoms with Crippen molar-refractivity contribution in [2.75, 3.05) is 0 Å². The van der Waals surface area contributed by atoms with Crippen molar-refractivity contribution in [3.63, 3.8) is 0 Å². The monoisotopic (exact) mass is 243 g/mol. The minimum atomic E-state index is -0.730. The van der Waals surface area contributed by atoms with Gasteiger partial charge in [-0.25, -0.2) is 0 Å². The number of Topliss-reactive ketones (excluding diaryl/α,β-unsaturated/α-hetero) is 2. The van der Waals surface area contributed by atoms with E-state index in [0.717, 1.165) is 5.57 Å². The first-order valence-electron chi connectivity index (χ1n) is 5.71. The van der Waals surface area contributed by atoms with Gasteiger partial charge in [-0.15, -0.1) is 5.73 Å². The van der Waals surface area contributed by atoms with Crippen LogP contribution < -0.4 is 0 Å². The first-order chi connectivity index (χ1) is 8.58. The van der Waals surface area contributed by atoms with Crippen molar-refractivity contribution in [3.8, 4) is 0 Å². The van der Waals surface area contributed by atoms with Crippen LogP contribution in [0.2, 0.25) is 0 Å². The lowest BCUT2D eigenvalue weighted by atomic mass is 9.93. The van der Waals surface area contributed by atoms with Gasteiger partial charge in [-0.05, 0) is 31.1 Å². The lowest BCUT2D eigenvalue weighted by molar-refractivity contribution is -0.126. The third-order valence-corrected chi connectivity index (χ3v) is 2.78.